The summed E-state index contributed by atoms with van der Waals surface area (Å²) in [5, 5.41) is 2.74. The van der Waals surface area contributed by atoms with Gasteiger partial charge < -0.3 is 15.1 Å². The number of carbonyl (C=O) groups excluding carboxylic acids is 2. The number of amidine groups is 1. The number of nitrogens with zero attached hydrogens (tertiary/aromatic N) is 3. The van der Waals surface area contributed by atoms with Crippen LogP contribution in [0.3, 0.4) is 0 Å². The number of nitrogens with one attached hydrogen (secondary N) is 1. The third kappa shape index (κ3) is 4.62. The van der Waals surface area contributed by atoms with E-state index in [4.69, 9.17) is 0 Å². The highest BCUT2D eigenvalue weighted by Gasteiger charge is 2.31. The molecule has 3 rings (SSSR count). The fraction of sp³-hybridized carbons (Fsp3) is 0.250. The van der Waals surface area contributed by atoms with E-state index in [2.05, 4.69) is 9.71 Å². The molecule has 0 bridgehead atoms. The quantitative estimate of drug-likeness (QED) is 0.799. The Morgan fingerprint density at radius 2 is 1.66 bits per heavy atom. The molecule has 8 nitrogen and oxygen atoms in total. The van der Waals surface area contributed by atoms with Gasteiger partial charge in [-0.15, -0.1) is 4.40 Å². The molecule has 0 saturated heterocycles. The second-order valence-corrected chi connectivity index (χ2v) is 8.48. The summed E-state index contributed by atoms with van der Waals surface area (Å²) in [5.41, 5.74) is 2.19. The first-order chi connectivity index (χ1) is 13.7. The first-order valence-electron chi connectivity index (χ1n) is 8.93. The maximum absolute atomic E-state index is 12.5. The van der Waals surface area contributed by atoms with Gasteiger partial charge in [0.2, 0.25) is 11.8 Å². The Bertz CT molecular complexity index is 1080. The lowest BCUT2D eigenvalue weighted by molar-refractivity contribution is -0.133. The minimum absolute atomic E-state index is 0.114. The van der Waals surface area contributed by atoms with Gasteiger partial charge in [-0.05, 0) is 31.2 Å². The molecular formula is C20H22N4O4S. The van der Waals surface area contributed by atoms with Gasteiger partial charge in [0.25, 0.3) is 10.0 Å². The highest BCUT2D eigenvalue weighted by molar-refractivity contribution is 7.90. The van der Waals surface area contributed by atoms with Crippen molar-refractivity contribution < 1.29 is 18.0 Å². The van der Waals surface area contributed by atoms with E-state index in [1.54, 1.807) is 37.4 Å². The molecule has 9 heteroatoms. The van der Waals surface area contributed by atoms with Crippen LogP contribution in [-0.4, -0.2) is 63.1 Å². The van der Waals surface area contributed by atoms with E-state index in [1.165, 1.54) is 22.9 Å². The van der Waals surface area contributed by atoms with E-state index < -0.39 is 10.0 Å². The van der Waals surface area contributed by atoms with Crippen LogP contribution in [0.1, 0.15) is 11.1 Å². The van der Waals surface area contributed by atoms with Gasteiger partial charge in [-0.1, -0.05) is 29.8 Å². The molecule has 2 aromatic rings. The zero-order valence-corrected chi connectivity index (χ0v) is 17.2. The average molecular weight is 414 g/mol. The van der Waals surface area contributed by atoms with Crippen molar-refractivity contribution in [2.75, 3.05) is 32.5 Å². The van der Waals surface area contributed by atoms with Crippen molar-refractivity contribution in [2.24, 2.45) is 4.40 Å². The monoisotopic (exact) mass is 414 g/mol. The van der Waals surface area contributed by atoms with E-state index in [9.17, 15) is 18.0 Å². The van der Waals surface area contributed by atoms with Crippen molar-refractivity contribution >= 4 is 33.4 Å². The van der Waals surface area contributed by atoms with E-state index >= 15 is 0 Å². The summed E-state index contributed by atoms with van der Waals surface area (Å²) in [7, 11) is -0.644. The Hall–Kier alpha value is -3.20. The number of amides is 2. The fourth-order valence-corrected chi connectivity index (χ4v) is 4.15. The third-order valence-electron chi connectivity index (χ3n) is 4.49. The number of likely N-dealkylation sites (N-methyl/N-ethyl adjacent to an activating group) is 2. The molecule has 29 heavy (non-hydrogen) atoms. The van der Waals surface area contributed by atoms with Gasteiger partial charge in [0.05, 0.1) is 13.1 Å². The Balaban J connectivity index is 1.61. The smallest absolute Gasteiger partial charge is 0.285 e. The highest BCUT2D eigenvalue weighted by atomic mass is 32.2. The first-order valence-corrected chi connectivity index (χ1v) is 10.4. The van der Waals surface area contributed by atoms with Gasteiger partial charge in [-0.3, -0.25) is 9.59 Å². The van der Waals surface area contributed by atoms with E-state index in [0.29, 0.717) is 11.3 Å². The van der Waals surface area contributed by atoms with E-state index in [1.807, 2.05) is 19.1 Å². The van der Waals surface area contributed by atoms with Crippen molar-refractivity contribution in [1.82, 2.24) is 9.80 Å². The summed E-state index contributed by atoms with van der Waals surface area (Å²) in [6, 6.07) is 13.8. The molecule has 0 unspecified atom stereocenters. The van der Waals surface area contributed by atoms with Crippen LogP contribution in [0.2, 0.25) is 0 Å². The Morgan fingerprint density at radius 3 is 2.34 bits per heavy atom. The second-order valence-electron chi connectivity index (χ2n) is 6.91. The Kier molecular flexibility index (Phi) is 5.69. The summed E-state index contributed by atoms with van der Waals surface area (Å²) >= 11 is 0. The van der Waals surface area contributed by atoms with Crippen LogP contribution in [0.25, 0.3) is 0 Å². The summed E-state index contributed by atoms with van der Waals surface area (Å²) in [6.45, 7) is 1.71. The van der Waals surface area contributed by atoms with Crippen LogP contribution in [0, 0.1) is 6.92 Å². The molecule has 1 aliphatic heterocycles. The summed E-state index contributed by atoms with van der Waals surface area (Å²) in [5.74, 6) is -0.444. The van der Waals surface area contributed by atoms with Crippen LogP contribution in [0.15, 0.2) is 57.8 Å². The standard InChI is InChI=1S/C20H22N4O4S/c1-14-8-10-15(11-9-14)21-18(25)12-23(2)19(26)13-24(3)20-16-6-4-5-7-17(16)29(27,28)22-20/h4-11H,12-13H2,1-3H3,(H,21,25). The van der Waals surface area contributed by atoms with Crippen LogP contribution < -0.4 is 5.32 Å². The molecule has 2 amide bonds. The summed E-state index contributed by atoms with van der Waals surface area (Å²) in [4.78, 5) is 27.6. The topological polar surface area (TPSA) is 99.2 Å². The second kappa shape index (κ2) is 8.04. The Labute approximate surface area is 169 Å². The molecule has 2 aromatic carbocycles. The zero-order chi connectivity index (χ0) is 21.2. The van der Waals surface area contributed by atoms with Gasteiger partial charge in [0.15, 0.2) is 5.84 Å². The normalized spacial score (nSPS) is 14.0. The lowest BCUT2D eigenvalue weighted by Crippen LogP contribution is -2.42. The van der Waals surface area contributed by atoms with Gasteiger partial charge in [0, 0.05) is 25.3 Å². The highest BCUT2D eigenvalue weighted by Crippen LogP contribution is 2.26. The third-order valence-corrected chi connectivity index (χ3v) is 5.81. The van der Waals surface area contributed by atoms with Crippen LogP contribution in [0.5, 0.6) is 0 Å². The van der Waals surface area contributed by atoms with Gasteiger partial charge >= 0.3 is 0 Å². The van der Waals surface area contributed by atoms with Crippen LogP contribution in [0.4, 0.5) is 5.69 Å². The number of anilines is 1. The number of aryl methyl sites for hydroxylation is 1. The predicted octanol–water partition coefficient (Wildman–Crippen LogP) is 1.47. The molecule has 1 heterocycles. The molecule has 0 radical (unpaired) electrons. The van der Waals surface area contributed by atoms with E-state index in [-0.39, 0.29) is 35.6 Å². The number of hydrogen-bond acceptors (Lipinski definition) is 5. The lowest BCUT2D eigenvalue weighted by Gasteiger charge is -2.23. The SMILES string of the molecule is Cc1ccc(NC(=O)CN(C)C(=O)CN(C)C2=NS(=O)(=O)c3ccccc32)cc1. The summed E-state index contributed by atoms with van der Waals surface area (Å²) in [6.07, 6.45) is 0. The predicted molar refractivity (Wildman–Crippen MR) is 110 cm³/mol. The molecule has 0 fully saturated rings. The van der Waals surface area contributed by atoms with Gasteiger partial charge in [-0.25, -0.2) is 0 Å². The molecule has 0 atom stereocenters. The van der Waals surface area contributed by atoms with Crippen molar-refractivity contribution in [3.63, 3.8) is 0 Å². The molecule has 1 N–H and O–H groups in total. The molecule has 0 spiro atoms. The fourth-order valence-electron chi connectivity index (χ4n) is 2.90. The minimum Gasteiger partial charge on any atom is -0.349 e. The van der Waals surface area contributed by atoms with Crippen molar-refractivity contribution in [3.8, 4) is 0 Å². The summed E-state index contributed by atoms with van der Waals surface area (Å²) < 4.78 is 28.1. The Morgan fingerprint density at radius 1 is 1.00 bits per heavy atom. The molecule has 0 aromatic heterocycles. The zero-order valence-electron chi connectivity index (χ0n) is 16.4. The molecule has 0 aliphatic carbocycles. The molecule has 1 aliphatic rings. The largest absolute Gasteiger partial charge is 0.349 e. The molecule has 0 saturated carbocycles. The first kappa shape index (κ1) is 20.5. The van der Waals surface area contributed by atoms with Crippen LogP contribution >= 0.6 is 0 Å². The van der Waals surface area contributed by atoms with Crippen molar-refractivity contribution in [3.05, 3.63) is 59.7 Å². The number of fused-ring (bicyclic) bond motifs is 1. The number of rotatable bonds is 5. The van der Waals surface area contributed by atoms with E-state index in [0.717, 1.165) is 5.56 Å². The number of hydrogen-bond donors (Lipinski definition) is 1. The molecular weight excluding hydrogens is 392 g/mol. The number of benzene rings is 2. The number of carbonyl (C=O) groups is 2. The van der Waals surface area contributed by atoms with Crippen molar-refractivity contribution in [1.29, 1.82) is 0 Å². The molecule has 152 valence electrons. The minimum atomic E-state index is -3.76. The maximum atomic E-state index is 12.5. The number of sulfonamides is 1. The van der Waals surface area contributed by atoms with Gasteiger partial charge in [-0.2, -0.15) is 8.42 Å². The lowest BCUT2D eigenvalue weighted by atomic mass is 10.2. The van der Waals surface area contributed by atoms with Crippen molar-refractivity contribution in [2.45, 2.75) is 11.8 Å². The maximum Gasteiger partial charge on any atom is 0.285 e. The average Bonchev–Trinajstić information content (AvgIpc) is 2.95. The van der Waals surface area contributed by atoms with Crippen LogP contribution in [-0.2, 0) is 19.6 Å². The van der Waals surface area contributed by atoms with Gasteiger partial charge in [0.1, 0.15) is 4.90 Å².